The van der Waals surface area contributed by atoms with Crippen LogP contribution in [0, 0.1) is 5.82 Å². The van der Waals surface area contributed by atoms with E-state index in [-0.39, 0.29) is 24.1 Å². The molecule has 0 spiro atoms. The molecule has 1 aliphatic heterocycles. The monoisotopic (exact) mass is 418 g/mol. The second-order valence-electron chi connectivity index (χ2n) is 6.24. The molecule has 1 atom stereocenters. The number of hydrogen-bond donors (Lipinski definition) is 2. The van der Waals surface area contributed by atoms with Crippen LogP contribution in [-0.4, -0.2) is 21.6 Å². The minimum Gasteiger partial charge on any atom is -0.326 e. The first-order valence-corrected chi connectivity index (χ1v) is 9.07. The maximum Gasteiger partial charge on any atom is 0.251 e. The molecule has 2 heterocycles. The summed E-state index contributed by atoms with van der Waals surface area (Å²) in [6.07, 6.45) is 1.47. The quantitative estimate of drug-likeness (QED) is 0.653. The van der Waals surface area contributed by atoms with E-state index < -0.39 is 6.04 Å². The molecular weight excluding hydrogens is 406 g/mol. The lowest BCUT2D eigenvalue weighted by Gasteiger charge is -2.10. The van der Waals surface area contributed by atoms with Crippen molar-refractivity contribution in [3.05, 3.63) is 64.5 Å². The smallest absolute Gasteiger partial charge is 0.251 e. The van der Waals surface area contributed by atoms with E-state index in [4.69, 9.17) is 23.2 Å². The van der Waals surface area contributed by atoms with Gasteiger partial charge in [-0.05, 0) is 35.9 Å². The zero-order valence-electron chi connectivity index (χ0n) is 14.2. The predicted molar refractivity (Wildman–Crippen MR) is 105 cm³/mol. The van der Waals surface area contributed by atoms with Crippen LogP contribution in [-0.2, 0) is 9.59 Å². The van der Waals surface area contributed by atoms with Gasteiger partial charge in [-0.2, -0.15) is 5.10 Å². The Morgan fingerprint density at radius 3 is 2.64 bits per heavy atom. The van der Waals surface area contributed by atoms with E-state index in [0.29, 0.717) is 32.7 Å². The molecule has 4 rings (SSSR count). The fourth-order valence-corrected chi connectivity index (χ4v) is 3.31. The van der Waals surface area contributed by atoms with Crippen molar-refractivity contribution in [2.75, 3.05) is 10.6 Å². The topological polar surface area (TPSA) is 76.0 Å². The maximum absolute atomic E-state index is 13.1. The van der Waals surface area contributed by atoms with Crippen molar-refractivity contribution >= 4 is 46.5 Å². The number of nitrogens with one attached hydrogen (secondary N) is 2. The fourth-order valence-electron chi connectivity index (χ4n) is 3.02. The third-order valence-corrected chi connectivity index (χ3v) is 5.11. The Balaban J connectivity index is 1.52. The molecule has 3 aromatic rings. The Morgan fingerprint density at radius 2 is 1.93 bits per heavy atom. The van der Waals surface area contributed by atoms with E-state index in [1.165, 1.54) is 22.9 Å². The molecule has 6 nitrogen and oxygen atoms in total. The molecule has 1 aromatic heterocycles. The highest BCUT2D eigenvalue weighted by Gasteiger charge is 2.35. The van der Waals surface area contributed by atoms with E-state index in [0.717, 1.165) is 0 Å². The lowest BCUT2D eigenvalue weighted by molar-refractivity contribution is -0.123. The molecular formula is C19H13Cl2FN4O2. The minimum absolute atomic E-state index is 0.108. The first-order chi connectivity index (χ1) is 13.4. The number of hydrogen-bond acceptors (Lipinski definition) is 3. The first kappa shape index (κ1) is 18.5. The van der Waals surface area contributed by atoms with Gasteiger partial charge in [0.2, 0.25) is 5.91 Å². The molecule has 28 heavy (non-hydrogen) atoms. The molecule has 9 heteroatoms. The third kappa shape index (κ3) is 3.46. The number of fused-ring (bicyclic) bond motifs is 1. The van der Waals surface area contributed by atoms with Gasteiger partial charge in [0.1, 0.15) is 17.7 Å². The third-order valence-electron chi connectivity index (χ3n) is 4.37. The number of halogens is 3. The van der Waals surface area contributed by atoms with E-state index in [1.807, 2.05) is 0 Å². The van der Waals surface area contributed by atoms with Crippen LogP contribution in [0.3, 0.4) is 0 Å². The summed E-state index contributed by atoms with van der Waals surface area (Å²) < 4.78 is 14.6. The first-order valence-electron chi connectivity index (χ1n) is 8.31. The van der Waals surface area contributed by atoms with Gasteiger partial charge in [-0.15, -0.1) is 0 Å². The molecule has 0 bridgehead atoms. The maximum atomic E-state index is 13.1. The summed E-state index contributed by atoms with van der Waals surface area (Å²) in [7, 11) is 0. The lowest BCUT2D eigenvalue weighted by Crippen LogP contribution is -2.23. The molecule has 142 valence electrons. The van der Waals surface area contributed by atoms with Crippen LogP contribution in [0.25, 0.3) is 11.1 Å². The number of carbonyl (C=O) groups is 2. The molecule has 2 N–H and O–H groups in total. The summed E-state index contributed by atoms with van der Waals surface area (Å²) in [5, 5.41) is 10.4. The van der Waals surface area contributed by atoms with Crippen molar-refractivity contribution in [1.82, 2.24) is 9.78 Å². The summed E-state index contributed by atoms with van der Waals surface area (Å²) in [5.41, 5.74) is 1.84. The highest BCUT2D eigenvalue weighted by Crippen LogP contribution is 2.36. The van der Waals surface area contributed by atoms with Gasteiger partial charge in [0.25, 0.3) is 5.91 Å². The molecule has 2 aromatic carbocycles. The molecule has 0 saturated heterocycles. The van der Waals surface area contributed by atoms with Crippen molar-refractivity contribution in [1.29, 1.82) is 0 Å². The number of nitrogens with zero attached hydrogens (tertiary/aromatic N) is 2. The van der Waals surface area contributed by atoms with E-state index in [1.54, 1.807) is 30.5 Å². The van der Waals surface area contributed by atoms with Gasteiger partial charge in [0, 0.05) is 11.3 Å². The van der Waals surface area contributed by atoms with Crippen LogP contribution < -0.4 is 10.6 Å². The van der Waals surface area contributed by atoms with Gasteiger partial charge < -0.3 is 10.6 Å². The normalized spacial score (nSPS) is 15.2. The summed E-state index contributed by atoms with van der Waals surface area (Å²) >= 11 is 11.8. The number of aromatic nitrogens is 2. The molecule has 1 unspecified atom stereocenters. The van der Waals surface area contributed by atoms with Crippen LogP contribution in [0.4, 0.5) is 15.9 Å². The van der Waals surface area contributed by atoms with Crippen molar-refractivity contribution < 1.29 is 14.0 Å². The Kier molecular flexibility index (Phi) is 4.78. The SMILES string of the molecule is O=C(CC1C(=O)Nc2c(-c3ccc(F)cc3)cnn21)Nc1ccc(Cl)c(Cl)c1. The summed E-state index contributed by atoms with van der Waals surface area (Å²) in [5.74, 6) is -0.585. The number of carbonyl (C=O) groups excluding carboxylic acids is 2. The van der Waals surface area contributed by atoms with Crippen molar-refractivity contribution in [2.24, 2.45) is 0 Å². The number of anilines is 2. The Hall–Kier alpha value is -2.90. The number of amides is 2. The van der Waals surface area contributed by atoms with Gasteiger partial charge in [0.15, 0.2) is 0 Å². The van der Waals surface area contributed by atoms with Crippen LogP contribution in [0.15, 0.2) is 48.7 Å². The average molecular weight is 419 g/mol. The Bertz CT molecular complexity index is 1080. The van der Waals surface area contributed by atoms with Crippen LogP contribution >= 0.6 is 23.2 Å². The van der Waals surface area contributed by atoms with Gasteiger partial charge in [-0.1, -0.05) is 35.3 Å². The average Bonchev–Trinajstić information content (AvgIpc) is 3.19. The van der Waals surface area contributed by atoms with Gasteiger partial charge in [-0.25, -0.2) is 9.07 Å². The van der Waals surface area contributed by atoms with E-state index >= 15 is 0 Å². The largest absolute Gasteiger partial charge is 0.326 e. The number of benzene rings is 2. The Labute approximate surface area is 169 Å². The molecule has 1 aliphatic rings. The van der Waals surface area contributed by atoms with Crippen molar-refractivity contribution in [2.45, 2.75) is 12.5 Å². The lowest BCUT2D eigenvalue weighted by atomic mass is 10.1. The second kappa shape index (κ2) is 7.26. The summed E-state index contributed by atoms with van der Waals surface area (Å²) in [6, 6.07) is 9.80. The molecule has 0 radical (unpaired) electrons. The van der Waals surface area contributed by atoms with Gasteiger partial charge in [-0.3, -0.25) is 9.59 Å². The molecule has 2 amide bonds. The van der Waals surface area contributed by atoms with E-state index in [9.17, 15) is 14.0 Å². The van der Waals surface area contributed by atoms with Crippen LogP contribution in [0.2, 0.25) is 10.0 Å². The standard InChI is InChI=1S/C19H13Cl2FN4O2/c20-14-6-5-12(7-15(14)21)24-17(27)8-16-19(28)25-18-13(9-23-26(16)18)10-1-3-11(22)4-2-10/h1-7,9,16H,8H2,(H,24,27)(H,25,28). The van der Waals surface area contributed by atoms with Crippen LogP contribution in [0.5, 0.6) is 0 Å². The van der Waals surface area contributed by atoms with Crippen molar-refractivity contribution in [3.8, 4) is 11.1 Å². The molecule has 0 aliphatic carbocycles. The Morgan fingerprint density at radius 1 is 1.18 bits per heavy atom. The van der Waals surface area contributed by atoms with E-state index in [2.05, 4.69) is 15.7 Å². The highest BCUT2D eigenvalue weighted by atomic mass is 35.5. The highest BCUT2D eigenvalue weighted by molar-refractivity contribution is 6.42. The minimum atomic E-state index is -0.785. The summed E-state index contributed by atoms with van der Waals surface area (Å²) in [4.78, 5) is 24.8. The zero-order valence-corrected chi connectivity index (χ0v) is 15.8. The van der Waals surface area contributed by atoms with Gasteiger partial charge in [0.05, 0.1) is 22.7 Å². The molecule has 0 saturated carbocycles. The van der Waals surface area contributed by atoms with Crippen molar-refractivity contribution in [3.63, 3.8) is 0 Å². The summed E-state index contributed by atoms with van der Waals surface area (Å²) in [6.45, 7) is 0. The predicted octanol–water partition coefficient (Wildman–Crippen LogP) is 4.52. The zero-order chi connectivity index (χ0) is 19.8. The molecule has 0 fully saturated rings. The van der Waals surface area contributed by atoms with Gasteiger partial charge >= 0.3 is 0 Å². The fraction of sp³-hybridized carbons (Fsp3) is 0.105. The van der Waals surface area contributed by atoms with Crippen LogP contribution in [0.1, 0.15) is 12.5 Å². The number of rotatable bonds is 4. The second-order valence-corrected chi connectivity index (χ2v) is 7.06.